The molecule has 0 spiro atoms. The van der Waals surface area contributed by atoms with E-state index < -0.39 is 32.3 Å². The van der Waals surface area contributed by atoms with Gasteiger partial charge in [-0.3, -0.25) is 0 Å². The summed E-state index contributed by atoms with van der Waals surface area (Å²) in [6, 6.07) is 9.27. The molecule has 1 amide bonds. The van der Waals surface area contributed by atoms with Gasteiger partial charge in [0.2, 0.25) is 0 Å². The van der Waals surface area contributed by atoms with Gasteiger partial charge < -0.3 is 15.8 Å². The van der Waals surface area contributed by atoms with Crippen LogP contribution in [0, 0.1) is 0 Å². The monoisotopic (exact) mass is 354 g/mol. The summed E-state index contributed by atoms with van der Waals surface area (Å²) >= 11 is 0. The van der Waals surface area contributed by atoms with Gasteiger partial charge in [-0.15, -0.1) is 0 Å². The topological polar surface area (TPSA) is 98.5 Å². The summed E-state index contributed by atoms with van der Waals surface area (Å²) in [5.41, 5.74) is 5.06. The molecule has 1 aromatic carbocycles. The number of carbonyl (C=O) groups is 1. The third-order valence-electron chi connectivity index (χ3n) is 4.28. The molecule has 24 heavy (non-hydrogen) atoms. The molecule has 3 atom stereocenters. The largest absolute Gasteiger partial charge is 0.444 e. The lowest BCUT2D eigenvalue weighted by Gasteiger charge is -2.24. The van der Waals surface area contributed by atoms with E-state index in [1.165, 1.54) is 0 Å². The Kier molecular flexibility index (Phi) is 4.97. The maximum absolute atomic E-state index is 12.5. The molecule has 1 aliphatic carbocycles. The predicted octanol–water partition coefficient (Wildman–Crippen LogP) is 1.81. The summed E-state index contributed by atoms with van der Waals surface area (Å²) in [7, 11) is -3.38. The number of alkyl carbamates (subject to hydrolysis) is 1. The van der Waals surface area contributed by atoms with Crippen molar-refractivity contribution in [3.63, 3.8) is 0 Å². The van der Waals surface area contributed by atoms with Crippen LogP contribution in [0.2, 0.25) is 0 Å². The van der Waals surface area contributed by atoms with E-state index in [2.05, 4.69) is 5.32 Å². The van der Waals surface area contributed by atoms with Crippen LogP contribution in [0.1, 0.15) is 39.2 Å². The molecule has 0 saturated heterocycles. The molecular formula is C17H26N2O4S. The van der Waals surface area contributed by atoms with Gasteiger partial charge in [-0.05, 0) is 26.3 Å². The number of ether oxygens (including phenoxy) is 1. The van der Waals surface area contributed by atoms with Crippen molar-refractivity contribution in [3.05, 3.63) is 35.9 Å². The van der Waals surface area contributed by atoms with Gasteiger partial charge in [0.1, 0.15) is 5.60 Å². The van der Waals surface area contributed by atoms with Gasteiger partial charge >= 0.3 is 6.09 Å². The molecule has 0 aromatic heterocycles. The Morgan fingerprint density at radius 3 is 2.33 bits per heavy atom. The molecule has 3 N–H and O–H groups in total. The Bertz CT molecular complexity index is 697. The third-order valence-corrected chi connectivity index (χ3v) is 6.55. The van der Waals surface area contributed by atoms with Crippen molar-refractivity contribution in [1.29, 1.82) is 0 Å². The smallest absolute Gasteiger partial charge is 0.408 e. The van der Waals surface area contributed by atoms with E-state index in [1.807, 2.05) is 30.3 Å². The molecular weight excluding hydrogens is 328 g/mol. The minimum absolute atomic E-state index is 0.00124. The highest BCUT2D eigenvalue weighted by molar-refractivity contribution is 7.92. The molecule has 0 bridgehead atoms. The zero-order chi connectivity index (χ0) is 18.2. The standard InChI is InChI=1S/C17H26N2O4S/c1-5-24(21,22)14-13(12-9-7-6-8-10-12)17(14,11-18)19-15(20)23-16(2,3)4/h6-10,13-14H,5,11,18H2,1-4H3,(H,19,20). The normalized spacial score (nSPS) is 26.7. The summed E-state index contributed by atoms with van der Waals surface area (Å²) in [6.45, 7) is 6.89. The van der Waals surface area contributed by atoms with E-state index >= 15 is 0 Å². The number of carbonyl (C=O) groups excluding carboxylic acids is 1. The second-order valence-corrected chi connectivity index (χ2v) is 9.54. The van der Waals surface area contributed by atoms with Crippen LogP contribution in [-0.2, 0) is 14.6 Å². The minimum Gasteiger partial charge on any atom is -0.444 e. The number of nitrogens with two attached hydrogens (primary N) is 1. The predicted molar refractivity (Wildman–Crippen MR) is 93.6 cm³/mol. The maximum atomic E-state index is 12.5. The highest BCUT2D eigenvalue weighted by Crippen LogP contribution is 2.55. The Hall–Kier alpha value is -1.60. The number of sulfone groups is 1. The number of benzene rings is 1. The summed E-state index contributed by atoms with van der Waals surface area (Å²) in [5, 5.41) is 2.01. The molecule has 6 nitrogen and oxygen atoms in total. The van der Waals surface area contributed by atoms with Crippen LogP contribution in [0.25, 0.3) is 0 Å². The average Bonchev–Trinajstić information content (AvgIpc) is 3.16. The lowest BCUT2D eigenvalue weighted by molar-refractivity contribution is 0.0497. The highest BCUT2D eigenvalue weighted by Gasteiger charge is 2.71. The van der Waals surface area contributed by atoms with Gasteiger partial charge in [-0.1, -0.05) is 37.3 Å². The van der Waals surface area contributed by atoms with E-state index in [0.717, 1.165) is 5.56 Å². The first kappa shape index (κ1) is 18.7. The van der Waals surface area contributed by atoms with Crippen LogP contribution < -0.4 is 11.1 Å². The van der Waals surface area contributed by atoms with Gasteiger partial charge in [0.25, 0.3) is 0 Å². The van der Waals surface area contributed by atoms with Crippen molar-refractivity contribution < 1.29 is 17.9 Å². The quantitative estimate of drug-likeness (QED) is 0.840. The Morgan fingerprint density at radius 1 is 1.29 bits per heavy atom. The average molecular weight is 354 g/mol. The molecule has 0 radical (unpaired) electrons. The summed E-state index contributed by atoms with van der Waals surface area (Å²) in [4.78, 5) is 12.2. The van der Waals surface area contributed by atoms with Crippen molar-refractivity contribution >= 4 is 15.9 Å². The number of amides is 1. The minimum atomic E-state index is -3.38. The van der Waals surface area contributed by atoms with Gasteiger partial charge in [-0.25, -0.2) is 13.2 Å². The number of nitrogens with one attached hydrogen (secondary N) is 1. The van der Waals surface area contributed by atoms with Crippen LogP contribution in [0.5, 0.6) is 0 Å². The number of hydrogen-bond acceptors (Lipinski definition) is 5. The summed E-state index contributed by atoms with van der Waals surface area (Å²) < 4.78 is 30.4. The van der Waals surface area contributed by atoms with Crippen molar-refractivity contribution in [2.75, 3.05) is 12.3 Å². The van der Waals surface area contributed by atoms with E-state index in [1.54, 1.807) is 27.7 Å². The third kappa shape index (κ3) is 3.57. The molecule has 1 saturated carbocycles. The maximum Gasteiger partial charge on any atom is 0.408 e. The van der Waals surface area contributed by atoms with Crippen LogP contribution in [0.3, 0.4) is 0 Å². The van der Waals surface area contributed by atoms with Gasteiger partial charge in [-0.2, -0.15) is 0 Å². The Balaban J connectivity index is 2.36. The lowest BCUT2D eigenvalue weighted by atomic mass is 10.1. The molecule has 0 aliphatic heterocycles. The lowest BCUT2D eigenvalue weighted by Crippen LogP contribution is -2.49. The van der Waals surface area contributed by atoms with E-state index in [4.69, 9.17) is 10.5 Å². The summed E-state index contributed by atoms with van der Waals surface area (Å²) in [5.74, 6) is -0.375. The molecule has 3 unspecified atom stereocenters. The first-order valence-electron chi connectivity index (χ1n) is 8.05. The molecule has 7 heteroatoms. The van der Waals surface area contributed by atoms with Gasteiger partial charge in [0.05, 0.1) is 10.8 Å². The first-order valence-corrected chi connectivity index (χ1v) is 9.76. The first-order chi connectivity index (χ1) is 11.1. The Labute approximate surface area is 143 Å². The van der Waals surface area contributed by atoms with E-state index in [0.29, 0.717) is 0 Å². The number of rotatable bonds is 5. The fraction of sp³-hybridized carbons (Fsp3) is 0.588. The van der Waals surface area contributed by atoms with Crippen LogP contribution in [0.4, 0.5) is 4.79 Å². The second kappa shape index (κ2) is 6.37. The van der Waals surface area contributed by atoms with E-state index in [9.17, 15) is 13.2 Å². The second-order valence-electron chi connectivity index (χ2n) is 7.13. The molecule has 1 fully saturated rings. The van der Waals surface area contributed by atoms with Gasteiger partial charge in [0.15, 0.2) is 9.84 Å². The summed E-state index contributed by atoms with van der Waals surface area (Å²) in [6.07, 6.45) is -0.650. The fourth-order valence-electron chi connectivity index (χ4n) is 3.18. The molecule has 2 rings (SSSR count). The Morgan fingerprint density at radius 2 is 1.88 bits per heavy atom. The van der Waals surface area contributed by atoms with Crippen molar-refractivity contribution in [3.8, 4) is 0 Å². The van der Waals surface area contributed by atoms with Crippen LogP contribution in [-0.4, -0.2) is 43.2 Å². The molecule has 1 aliphatic rings. The molecule has 1 aromatic rings. The zero-order valence-corrected chi connectivity index (χ0v) is 15.4. The van der Waals surface area contributed by atoms with Crippen molar-refractivity contribution in [1.82, 2.24) is 5.32 Å². The van der Waals surface area contributed by atoms with Crippen LogP contribution in [0.15, 0.2) is 30.3 Å². The fourth-order valence-corrected chi connectivity index (χ4v) is 5.22. The molecule has 134 valence electrons. The van der Waals surface area contributed by atoms with E-state index in [-0.39, 0.29) is 18.2 Å². The highest BCUT2D eigenvalue weighted by atomic mass is 32.2. The van der Waals surface area contributed by atoms with Gasteiger partial charge in [0, 0.05) is 18.2 Å². The van der Waals surface area contributed by atoms with Crippen molar-refractivity contribution in [2.45, 2.75) is 50.0 Å². The molecule has 0 heterocycles. The van der Waals surface area contributed by atoms with Crippen LogP contribution >= 0.6 is 0 Å². The van der Waals surface area contributed by atoms with Crippen molar-refractivity contribution in [2.24, 2.45) is 5.73 Å². The number of hydrogen-bond donors (Lipinski definition) is 2. The SMILES string of the molecule is CCS(=O)(=O)C1C(c2ccccc2)C1(CN)NC(=O)OC(C)(C)C. The zero-order valence-electron chi connectivity index (χ0n) is 14.6.